The van der Waals surface area contributed by atoms with Crippen LogP contribution < -0.4 is 5.73 Å². The van der Waals surface area contributed by atoms with Gasteiger partial charge in [-0.15, -0.1) is 0 Å². The maximum absolute atomic E-state index is 11.8. The molecule has 0 aliphatic heterocycles. The largest absolute Gasteiger partial charge is 0.480 e. The summed E-state index contributed by atoms with van der Waals surface area (Å²) in [6, 6.07) is 0. The highest BCUT2D eigenvalue weighted by Crippen LogP contribution is 2.19. The molecule has 1 atom stereocenters. The van der Waals surface area contributed by atoms with Gasteiger partial charge in [-0.3, -0.25) is 4.79 Å². The fraction of sp³-hybridized carbons (Fsp3) is 0.833. The highest BCUT2D eigenvalue weighted by Gasteiger charge is 2.41. The van der Waals surface area contributed by atoms with Crippen molar-refractivity contribution >= 4 is 11.8 Å². The predicted octanol–water partition coefficient (Wildman–Crippen LogP) is 1.96. The Kier molecular flexibility index (Phi) is 6.26. The van der Waals surface area contributed by atoms with Gasteiger partial charge in [0.25, 0.3) is 0 Å². The molecule has 0 radical (unpaired) electrons. The van der Waals surface area contributed by atoms with Gasteiger partial charge in [0.2, 0.25) is 0 Å². The van der Waals surface area contributed by atoms with Gasteiger partial charge in [0.05, 0.1) is 0 Å². The van der Waals surface area contributed by atoms with Gasteiger partial charge in [-0.2, -0.15) is 0 Å². The molecular formula is C12H23NO3. The van der Waals surface area contributed by atoms with Crippen molar-refractivity contribution in [2.24, 2.45) is 11.7 Å². The van der Waals surface area contributed by atoms with E-state index in [9.17, 15) is 9.59 Å². The van der Waals surface area contributed by atoms with E-state index < -0.39 is 11.5 Å². The average Bonchev–Trinajstić information content (AvgIpc) is 2.16. The molecule has 0 aliphatic carbocycles. The number of unbranched alkanes of at least 4 members (excludes halogenated alkanes) is 2. The SMILES string of the molecule is CCCCCC(=O)[C@@](N)(CC(C)C)C(=O)O. The topological polar surface area (TPSA) is 80.4 Å². The van der Waals surface area contributed by atoms with E-state index in [1.807, 2.05) is 20.8 Å². The minimum Gasteiger partial charge on any atom is -0.480 e. The van der Waals surface area contributed by atoms with Gasteiger partial charge in [-0.1, -0.05) is 33.6 Å². The molecule has 0 saturated heterocycles. The van der Waals surface area contributed by atoms with Crippen molar-refractivity contribution < 1.29 is 14.7 Å². The number of hydrogen-bond acceptors (Lipinski definition) is 3. The summed E-state index contributed by atoms with van der Waals surface area (Å²) in [5, 5.41) is 9.06. The molecule has 0 aliphatic rings. The van der Waals surface area contributed by atoms with E-state index in [1.54, 1.807) is 0 Å². The van der Waals surface area contributed by atoms with E-state index >= 15 is 0 Å². The zero-order valence-corrected chi connectivity index (χ0v) is 10.5. The third kappa shape index (κ3) is 4.31. The van der Waals surface area contributed by atoms with Crippen molar-refractivity contribution in [3.63, 3.8) is 0 Å². The Morgan fingerprint density at radius 3 is 2.25 bits per heavy atom. The Hall–Kier alpha value is -0.900. The number of hydrogen-bond donors (Lipinski definition) is 2. The Balaban J connectivity index is 4.51. The number of carbonyl (C=O) groups is 2. The molecule has 0 amide bonds. The number of aliphatic carboxylic acids is 1. The number of rotatable bonds is 8. The monoisotopic (exact) mass is 229 g/mol. The first-order valence-corrected chi connectivity index (χ1v) is 5.90. The molecule has 0 unspecified atom stereocenters. The maximum atomic E-state index is 11.8. The fourth-order valence-electron chi connectivity index (χ4n) is 1.72. The normalized spacial score (nSPS) is 14.8. The number of carboxylic acids is 1. The molecule has 0 heterocycles. The van der Waals surface area contributed by atoms with Crippen molar-refractivity contribution in [1.29, 1.82) is 0 Å². The lowest BCUT2D eigenvalue weighted by Gasteiger charge is -2.25. The Labute approximate surface area is 97.2 Å². The zero-order valence-electron chi connectivity index (χ0n) is 10.5. The van der Waals surface area contributed by atoms with Crippen LogP contribution in [0, 0.1) is 5.92 Å². The second-order valence-corrected chi connectivity index (χ2v) is 4.75. The third-order valence-electron chi connectivity index (χ3n) is 2.62. The standard InChI is InChI=1S/C12H23NO3/c1-4-5-6-7-10(14)12(13,11(15)16)8-9(2)3/h9H,4-8,13H2,1-3H3,(H,15,16)/t12-/m0/s1. The molecular weight excluding hydrogens is 206 g/mol. The fourth-order valence-corrected chi connectivity index (χ4v) is 1.72. The van der Waals surface area contributed by atoms with E-state index in [0.717, 1.165) is 19.3 Å². The summed E-state index contributed by atoms with van der Waals surface area (Å²) in [7, 11) is 0. The highest BCUT2D eigenvalue weighted by molar-refractivity contribution is 6.07. The van der Waals surface area contributed by atoms with Crippen LogP contribution in [0.4, 0.5) is 0 Å². The van der Waals surface area contributed by atoms with E-state index in [-0.39, 0.29) is 24.5 Å². The lowest BCUT2D eigenvalue weighted by atomic mass is 9.84. The summed E-state index contributed by atoms with van der Waals surface area (Å²) >= 11 is 0. The maximum Gasteiger partial charge on any atom is 0.331 e. The summed E-state index contributed by atoms with van der Waals surface area (Å²) in [5.74, 6) is -1.46. The van der Waals surface area contributed by atoms with Crippen LogP contribution in [0.15, 0.2) is 0 Å². The Morgan fingerprint density at radius 2 is 1.88 bits per heavy atom. The Bertz CT molecular complexity index is 251. The summed E-state index contributed by atoms with van der Waals surface area (Å²) in [4.78, 5) is 22.9. The van der Waals surface area contributed by atoms with Crippen LogP contribution in [0.25, 0.3) is 0 Å². The second-order valence-electron chi connectivity index (χ2n) is 4.75. The van der Waals surface area contributed by atoms with Gasteiger partial charge in [0.15, 0.2) is 11.3 Å². The molecule has 0 bridgehead atoms. The quantitative estimate of drug-likeness (QED) is 0.492. The van der Waals surface area contributed by atoms with E-state index in [1.165, 1.54) is 0 Å². The van der Waals surface area contributed by atoms with Crippen molar-refractivity contribution in [3.05, 3.63) is 0 Å². The molecule has 0 aromatic heterocycles. The van der Waals surface area contributed by atoms with Crippen molar-refractivity contribution in [2.45, 2.75) is 58.4 Å². The van der Waals surface area contributed by atoms with Crippen LogP contribution in [0.2, 0.25) is 0 Å². The molecule has 0 fully saturated rings. The van der Waals surface area contributed by atoms with E-state index in [0.29, 0.717) is 0 Å². The molecule has 3 N–H and O–H groups in total. The minimum atomic E-state index is -1.69. The van der Waals surface area contributed by atoms with Crippen molar-refractivity contribution in [3.8, 4) is 0 Å². The van der Waals surface area contributed by atoms with Gasteiger partial charge < -0.3 is 10.8 Å². The molecule has 0 saturated carbocycles. The van der Waals surface area contributed by atoms with Gasteiger partial charge in [0, 0.05) is 6.42 Å². The number of carboxylic acid groups (broad SMARTS) is 1. The summed E-state index contributed by atoms with van der Waals surface area (Å²) < 4.78 is 0. The van der Waals surface area contributed by atoms with Crippen LogP contribution in [0.1, 0.15) is 52.9 Å². The van der Waals surface area contributed by atoms with Crippen LogP contribution in [0.5, 0.6) is 0 Å². The van der Waals surface area contributed by atoms with E-state index in [2.05, 4.69) is 0 Å². The van der Waals surface area contributed by atoms with Crippen LogP contribution in [-0.4, -0.2) is 22.4 Å². The van der Waals surface area contributed by atoms with Crippen LogP contribution >= 0.6 is 0 Å². The third-order valence-corrected chi connectivity index (χ3v) is 2.62. The highest BCUT2D eigenvalue weighted by atomic mass is 16.4. The lowest BCUT2D eigenvalue weighted by molar-refractivity contribution is -0.149. The van der Waals surface area contributed by atoms with Crippen LogP contribution in [-0.2, 0) is 9.59 Å². The van der Waals surface area contributed by atoms with Gasteiger partial charge in [-0.25, -0.2) is 4.79 Å². The van der Waals surface area contributed by atoms with Crippen LogP contribution in [0.3, 0.4) is 0 Å². The predicted molar refractivity (Wildman–Crippen MR) is 63.2 cm³/mol. The molecule has 0 rings (SSSR count). The van der Waals surface area contributed by atoms with Crippen molar-refractivity contribution in [1.82, 2.24) is 0 Å². The average molecular weight is 229 g/mol. The number of Topliss-reactive ketones (excluding diaryl/α,β-unsaturated/α-hetero) is 1. The van der Waals surface area contributed by atoms with Crippen molar-refractivity contribution in [2.75, 3.05) is 0 Å². The molecule has 0 spiro atoms. The molecule has 4 heteroatoms. The molecule has 94 valence electrons. The number of ketones is 1. The number of nitrogens with two attached hydrogens (primary N) is 1. The second kappa shape index (κ2) is 6.63. The van der Waals surface area contributed by atoms with Gasteiger partial charge >= 0.3 is 5.97 Å². The van der Waals surface area contributed by atoms with E-state index in [4.69, 9.17) is 10.8 Å². The summed E-state index contributed by atoms with van der Waals surface area (Å²) in [6.07, 6.45) is 3.13. The molecule has 0 aromatic carbocycles. The lowest BCUT2D eigenvalue weighted by Crippen LogP contribution is -2.55. The number of carbonyl (C=O) groups excluding carboxylic acids is 1. The zero-order chi connectivity index (χ0) is 12.8. The first-order chi connectivity index (χ1) is 7.34. The molecule has 4 nitrogen and oxygen atoms in total. The van der Waals surface area contributed by atoms with Gasteiger partial charge in [-0.05, 0) is 18.8 Å². The summed E-state index contributed by atoms with van der Waals surface area (Å²) in [6.45, 7) is 5.76. The first-order valence-electron chi connectivity index (χ1n) is 5.90. The molecule has 16 heavy (non-hydrogen) atoms. The van der Waals surface area contributed by atoms with Gasteiger partial charge in [0.1, 0.15) is 0 Å². The smallest absolute Gasteiger partial charge is 0.331 e. The Morgan fingerprint density at radius 1 is 1.31 bits per heavy atom. The first kappa shape index (κ1) is 15.1. The summed E-state index contributed by atoms with van der Waals surface area (Å²) in [5.41, 5.74) is 4.03. The minimum absolute atomic E-state index is 0.0937. The molecule has 0 aromatic rings.